The number of halogens is 3. The molecular formula is C15H14BrF2NO. The van der Waals surface area contributed by atoms with Crippen LogP contribution in [-0.4, -0.2) is 12.6 Å². The van der Waals surface area contributed by atoms with Crippen LogP contribution < -0.4 is 10.5 Å². The van der Waals surface area contributed by atoms with Crippen molar-refractivity contribution in [2.24, 2.45) is 5.73 Å². The molecule has 0 heterocycles. The number of rotatable bonds is 5. The van der Waals surface area contributed by atoms with Crippen molar-refractivity contribution in [2.45, 2.75) is 12.5 Å². The molecule has 2 nitrogen and oxygen atoms in total. The molecule has 1 atom stereocenters. The molecule has 0 aliphatic rings. The monoisotopic (exact) mass is 341 g/mol. The minimum Gasteiger partial charge on any atom is -0.492 e. The maximum absolute atomic E-state index is 13.8. The second kappa shape index (κ2) is 6.81. The summed E-state index contributed by atoms with van der Waals surface area (Å²) in [5.74, 6) is -0.529. The molecule has 0 bridgehead atoms. The Kier molecular flexibility index (Phi) is 5.09. The van der Waals surface area contributed by atoms with Crippen LogP contribution in [0.4, 0.5) is 8.78 Å². The third kappa shape index (κ3) is 3.77. The van der Waals surface area contributed by atoms with Gasteiger partial charge < -0.3 is 10.5 Å². The highest BCUT2D eigenvalue weighted by Crippen LogP contribution is 2.22. The Morgan fingerprint density at radius 2 is 1.80 bits per heavy atom. The summed E-state index contributed by atoms with van der Waals surface area (Å²) in [5, 5.41) is 0. The fourth-order valence-corrected chi connectivity index (χ4v) is 2.17. The highest BCUT2D eigenvalue weighted by Gasteiger charge is 2.16. The molecule has 2 aromatic rings. The van der Waals surface area contributed by atoms with Gasteiger partial charge >= 0.3 is 0 Å². The van der Waals surface area contributed by atoms with E-state index < -0.39 is 17.7 Å². The SMILES string of the molecule is NC(COc1ccccc1)Cc1c(F)ccc(Br)c1F. The zero-order valence-corrected chi connectivity index (χ0v) is 12.2. The molecule has 2 N–H and O–H groups in total. The van der Waals surface area contributed by atoms with E-state index in [-0.39, 0.29) is 23.1 Å². The highest BCUT2D eigenvalue weighted by molar-refractivity contribution is 9.10. The lowest BCUT2D eigenvalue weighted by atomic mass is 10.1. The first kappa shape index (κ1) is 14.9. The zero-order chi connectivity index (χ0) is 14.5. The smallest absolute Gasteiger partial charge is 0.143 e. The quantitative estimate of drug-likeness (QED) is 0.842. The van der Waals surface area contributed by atoms with Crippen LogP contribution in [0, 0.1) is 11.6 Å². The Labute approximate surface area is 124 Å². The molecule has 0 amide bonds. The molecule has 0 aliphatic heterocycles. The normalized spacial score (nSPS) is 12.2. The van der Waals surface area contributed by atoms with Gasteiger partial charge in [0, 0.05) is 11.6 Å². The van der Waals surface area contributed by atoms with Gasteiger partial charge in [-0.3, -0.25) is 0 Å². The summed E-state index contributed by atoms with van der Waals surface area (Å²) in [7, 11) is 0. The lowest BCUT2D eigenvalue weighted by Crippen LogP contribution is -2.31. The van der Waals surface area contributed by atoms with Gasteiger partial charge in [0.1, 0.15) is 24.0 Å². The van der Waals surface area contributed by atoms with Crippen LogP contribution in [-0.2, 0) is 6.42 Å². The van der Waals surface area contributed by atoms with Crippen LogP contribution in [0.3, 0.4) is 0 Å². The Hall–Kier alpha value is -1.46. The van der Waals surface area contributed by atoms with Crippen LogP contribution in [0.2, 0.25) is 0 Å². The highest BCUT2D eigenvalue weighted by atomic mass is 79.9. The van der Waals surface area contributed by atoms with Crippen molar-refractivity contribution in [1.29, 1.82) is 0 Å². The van der Waals surface area contributed by atoms with Crippen molar-refractivity contribution in [3.8, 4) is 5.75 Å². The zero-order valence-electron chi connectivity index (χ0n) is 10.7. The molecule has 5 heteroatoms. The first-order valence-corrected chi connectivity index (χ1v) is 6.93. The van der Waals surface area contributed by atoms with Crippen LogP contribution in [0.25, 0.3) is 0 Å². The molecule has 0 fully saturated rings. The fourth-order valence-electron chi connectivity index (χ4n) is 1.80. The van der Waals surface area contributed by atoms with E-state index in [4.69, 9.17) is 10.5 Å². The molecule has 2 aromatic carbocycles. The second-order valence-corrected chi connectivity index (χ2v) is 5.26. The van der Waals surface area contributed by atoms with E-state index in [0.717, 1.165) is 0 Å². The Balaban J connectivity index is 1.98. The number of benzene rings is 2. The van der Waals surface area contributed by atoms with E-state index in [1.54, 1.807) is 12.1 Å². The third-order valence-electron chi connectivity index (χ3n) is 2.81. The van der Waals surface area contributed by atoms with Gasteiger partial charge in [0.05, 0.1) is 4.47 Å². The summed E-state index contributed by atoms with van der Waals surface area (Å²) < 4.78 is 33.1. The largest absolute Gasteiger partial charge is 0.492 e. The molecule has 2 rings (SSSR count). The van der Waals surface area contributed by atoms with E-state index in [1.165, 1.54) is 12.1 Å². The molecule has 106 valence electrons. The first-order chi connectivity index (χ1) is 9.58. The van der Waals surface area contributed by atoms with Gasteiger partial charge in [0.25, 0.3) is 0 Å². The van der Waals surface area contributed by atoms with Crippen molar-refractivity contribution in [3.63, 3.8) is 0 Å². The minimum absolute atomic E-state index is 0.0245. The summed E-state index contributed by atoms with van der Waals surface area (Å²) in [6, 6.07) is 11.2. The average Bonchev–Trinajstić information content (AvgIpc) is 2.46. The summed E-state index contributed by atoms with van der Waals surface area (Å²) in [5.41, 5.74) is 5.84. The van der Waals surface area contributed by atoms with Gasteiger partial charge in [-0.15, -0.1) is 0 Å². The molecule has 0 aliphatic carbocycles. The van der Waals surface area contributed by atoms with Crippen molar-refractivity contribution in [1.82, 2.24) is 0 Å². The molecule has 1 unspecified atom stereocenters. The second-order valence-electron chi connectivity index (χ2n) is 4.41. The van der Waals surface area contributed by atoms with Gasteiger partial charge in [0.15, 0.2) is 0 Å². The number of nitrogens with two attached hydrogens (primary N) is 1. The lowest BCUT2D eigenvalue weighted by Gasteiger charge is -2.14. The standard InChI is InChI=1S/C15H14BrF2NO/c16-13-6-7-14(17)12(15(13)18)8-10(19)9-20-11-4-2-1-3-5-11/h1-7,10H,8-9,19H2. The Bertz CT molecular complexity index is 578. The topological polar surface area (TPSA) is 35.2 Å². The molecule has 0 radical (unpaired) electrons. The van der Waals surface area contributed by atoms with Gasteiger partial charge in [-0.1, -0.05) is 18.2 Å². The predicted octanol–water partition coefficient (Wildman–Crippen LogP) is 3.68. The molecule has 0 spiro atoms. The summed E-state index contributed by atoms with van der Waals surface area (Å²) in [6.07, 6.45) is 0.0734. The van der Waals surface area contributed by atoms with Crippen molar-refractivity contribution in [3.05, 3.63) is 64.1 Å². The van der Waals surface area contributed by atoms with E-state index in [2.05, 4.69) is 15.9 Å². The van der Waals surface area contributed by atoms with Crippen LogP contribution >= 0.6 is 15.9 Å². The number of hydrogen-bond donors (Lipinski definition) is 1. The first-order valence-electron chi connectivity index (χ1n) is 6.13. The lowest BCUT2D eigenvalue weighted by molar-refractivity contribution is 0.285. The van der Waals surface area contributed by atoms with E-state index in [0.29, 0.717) is 5.75 Å². The van der Waals surface area contributed by atoms with E-state index >= 15 is 0 Å². The Morgan fingerprint density at radius 1 is 1.10 bits per heavy atom. The van der Waals surface area contributed by atoms with Crippen LogP contribution in [0.5, 0.6) is 5.75 Å². The van der Waals surface area contributed by atoms with Gasteiger partial charge in [0.2, 0.25) is 0 Å². The van der Waals surface area contributed by atoms with E-state index in [1.807, 2.05) is 18.2 Å². The predicted molar refractivity (Wildman–Crippen MR) is 77.7 cm³/mol. The van der Waals surface area contributed by atoms with Crippen LogP contribution in [0.1, 0.15) is 5.56 Å². The maximum atomic E-state index is 13.8. The molecule has 0 saturated carbocycles. The number of hydrogen-bond acceptors (Lipinski definition) is 2. The number of ether oxygens (including phenoxy) is 1. The molecule has 0 aromatic heterocycles. The summed E-state index contributed by atoms with van der Waals surface area (Å²) in [4.78, 5) is 0. The minimum atomic E-state index is -0.611. The number of para-hydroxylation sites is 1. The van der Waals surface area contributed by atoms with Crippen molar-refractivity contribution in [2.75, 3.05) is 6.61 Å². The van der Waals surface area contributed by atoms with Crippen molar-refractivity contribution < 1.29 is 13.5 Å². The molecular weight excluding hydrogens is 328 g/mol. The third-order valence-corrected chi connectivity index (χ3v) is 3.42. The van der Waals surface area contributed by atoms with Gasteiger partial charge in [-0.25, -0.2) is 8.78 Å². The average molecular weight is 342 g/mol. The van der Waals surface area contributed by atoms with E-state index in [9.17, 15) is 8.78 Å². The van der Waals surface area contributed by atoms with Crippen molar-refractivity contribution >= 4 is 15.9 Å². The molecule has 20 heavy (non-hydrogen) atoms. The summed E-state index contributed by atoms with van der Waals surface area (Å²) >= 11 is 3.03. The fraction of sp³-hybridized carbons (Fsp3) is 0.200. The summed E-state index contributed by atoms with van der Waals surface area (Å²) in [6.45, 7) is 0.190. The molecule has 0 saturated heterocycles. The Morgan fingerprint density at radius 3 is 2.50 bits per heavy atom. The maximum Gasteiger partial charge on any atom is 0.143 e. The van der Waals surface area contributed by atoms with Gasteiger partial charge in [-0.05, 0) is 46.6 Å². The van der Waals surface area contributed by atoms with Gasteiger partial charge in [-0.2, -0.15) is 0 Å². The van der Waals surface area contributed by atoms with Crippen LogP contribution in [0.15, 0.2) is 46.9 Å².